The van der Waals surface area contributed by atoms with Gasteiger partial charge >= 0.3 is 0 Å². The molecule has 1 heterocycles. The van der Waals surface area contributed by atoms with Gasteiger partial charge in [0.25, 0.3) is 0 Å². The average molecular weight is 224 g/mol. The minimum Gasteiger partial charge on any atom is -0.315 e. The predicted molar refractivity (Wildman–Crippen MR) is 65.0 cm³/mol. The van der Waals surface area contributed by atoms with Crippen molar-refractivity contribution in [3.63, 3.8) is 0 Å². The summed E-state index contributed by atoms with van der Waals surface area (Å²) in [4.78, 5) is 3.90. The summed E-state index contributed by atoms with van der Waals surface area (Å²) in [5.41, 5.74) is 0.912. The third-order valence-electron chi connectivity index (χ3n) is 2.79. The number of halogens is 1. The SMILES string of the molecule is CC(C)NCCC(C)(C)c1cncc(F)c1. The first-order valence-corrected chi connectivity index (χ1v) is 5.76. The van der Waals surface area contributed by atoms with Crippen LogP contribution in [-0.2, 0) is 5.41 Å². The molecule has 0 aliphatic heterocycles. The molecule has 0 unspecified atom stereocenters. The topological polar surface area (TPSA) is 24.9 Å². The van der Waals surface area contributed by atoms with Gasteiger partial charge in [-0.2, -0.15) is 0 Å². The first kappa shape index (κ1) is 13.1. The first-order chi connectivity index (χ1) is 7.42. The fourth-order valence-electron chi connectivity index (χ4n) is 1.60. The van der Waals surface area contributed by atoms with Crippen LogP contribution in [0, 0.1) is 5.82 Å². The molecule has 0 fully saturated rings. The maximum Gasteiger partial charge on any atom is 0.141 e. The van der Waals surface area contributed by atoms with Crippen molar-refractivity contribution < 1.29 is 4.39 Å². The van der Waals surface area contributed by atoms with Crippen LogP contribution in [-0.4, -0.2) is 17.6 Å². The van der Waals surface area contributed by atoms with Gasteiger partial charge < -0.3 is 5.32 Å². The molecule has 16 heavy (non-hydrogen) atoms. The average Bonchev–Trinajstić information content (AvgIpc) is 2.16. The smallest absolute Gasteiger partial charge is 0.141 e. The Labute approximate surface area is 97.3 Å². The molecule has 0 radical (unpaired) electrons. The summed E-state index contributed by atoms with van der Waals surface area (Å²) in [6, 6.07) is 2.06. The van der Waals surface area contributed by atoms with Crippen LogP contribution in [0.25, 0.3) is 0 Å². The van der Waals surface area contributed by atoms with Crippen LogP contribution in [0.2, 0.25) is 0 Å². The normalized spacial score (nSPS) is 12.1. The third-order valence-corrected chi connectivity index (χ3v) is 2.79. The van der Waals surface area contributed by atoms with Crippen molar-refractivity contribution in [2.24, 2.45) is 0 Å². The molecule has 1 rings (SSSR count). The molecule has 0 amide bonds. The minimum absolute atomic E-state index is 0.0447. The van der Waals surface area contributed by atoms with E-state index in [4.69, 9.17) is 0 Å². The molecule has 1 aromatic rings. The lowest BCUT2D eigenvalue weighted by Gasteiger charge is -2.25. The second-order valence-corrected chi connectivity index (χ2v) is 5.13. The van der Waals surface area contributed by atoms with Crippen molar-refractivity contribution in [1.29, 1.82) is 0 Å². The molecule has 0 saturated heterocycles. The van der Waals surface area contributed by atoms with Crippen LogP contribution in [0.1, 0.15) is 39.7 Å². The van der Waals surface area contributed by atoms with Crippen LogP contribution in [0.5, 0.6) is 0 Å². The van der Waals surface area contributed by atoms with Crippen LogP contribution in [0.15, 0.2) is 18.5 Å². The highest BCUT2D eigenvalue weighted by Gasteiger charge is 2.21. The molecule has 0 aliphatic rings. The zero-order chi connectivity index (χ0) is 12.2. The highest BCUT2D eigenvalue weighted by atomic mass is 19.1. The van der Waals surface area contributed by atoms with Crippen LogP contribution in [0.4, 0.5) is 4.39 Å². The van der Waals surface area contributed by atoms with Crippen molar-refractivity contribution in [1.82, 2.24) is 10.3 Å². The largest absolute Gasteiger partial charge is 0.315 e. The Bertz CT molecular complexity index is 334. The number of hydrogen-bond acceptors (Lipinski definition) is 2. The van der Waals surface area contributed by atoms with Gasteiger partial charge in [-0.05, 0) is 30.0 Å². The number of hydrogen-bond donors (Lipinski definition) is 1. The number of nitrogens with one attached hydrogen (secondary N) is 1. The third kappa shape index (κ3) is 3.89. The Hall–Kier alpha value is -0.960. The standard InChI is InChI=1S/C13H21FN2/c1-10(2)16-6-5-13(3,4)11-7-12(14)9-15-8-11/h7-10,16H,5-6H2,1-4H3. The summed E-state index contributed by atoms with van der Waals surface area (Å²) < 4.78 is 13.1. The van der Waals surface area contributed by atoms with Crippen molar-refractivity contribution >= 4 is 0 Å². The monoisotopic (exact) mass is 224 g/mol. The maximum atomic E-state index is 13.1. The van der Waals surface area contributed by atoms with E-state index < -0.39 is 0 Å². The fourth-order valence-corrected chi connectivity index (χ4v) is 1.60. The van der Waals surface area contributed by atoms with Gasteiger partial charge in [0.05, 0.1) is 6.20 Å². The molecule has 90 valence electrons. The van der Waals surface area contributed by atoms with E-state index in [-0.39, 0.29) is 11.2 Å². The first-order valence-electron chi connectivity index (χ1n) is 5.76. The molecule has 0 bridgehead atoms. The van der Waals surface area contributed by atoms with E-state index in [9.17, 15) is 4.39 Å². The Kier molecular flexibility index (Phi) is 4.42. The molecular formula is C13H21FN2. The Balaban J connectivity index is 2.62. The van der Waals surface area contributed by atoms with Gasteiger partial charge in [-0.3, -0.25) is 4.98 Å². The quantitative estimate of drug-likeness (QED) is 0.832. The Morgan fingerprint density at radius 1 is 1.38 bits per heavy atom. The van der Waals surface area contributed by atoms with Gasteiger partial charge in [-0.1, -0.05) is 27.7 Å². The molecule has 1 N–H and O–H groups in total. The zero-order valence-electron chi connectivity index (χ0n) is 10.5. The van der Waals surface area contributed by atoms with E-state index in [1.807, 2.05) is 0 Å². The summed E-state index contributed by atoms with van der Waals surface area (Å²) in [5.74, 6) is -0.262. The van der Waals surface area contributed by atoms with Crippen molar-refractivity contribution in [3.8, 4) is 0 Å². The van der Waals surface area contributed by atoms with E-state index in [0.29, 0.717) is 6.04 Å². The number of nitrogens with zero attached hydrogens (tertiary/aromatic N) is 1. The van der Waals surface area contributed by atoms with E-state index in [2.05, 4.69) is 38.0 Å². The lowest BCUT2D eigenvalue weighted by molar-refractivity contribution is 0.437. The molecule has 0 aliphatic carbocycles. The van der Waals surface area contributed by atoms with Gasteiger partial charge in [0.1, 0.15) is 5.82 Å². The maximum absolute atomic E-state index is 13.1. The summed E-state index contributed by atoms with van der Waals surface area (Å²) in [6.07, 6.45) is 3.96. The zero-order valence-corrected chi connectivity index (χ0v) is 10.5. The van der Waals surface area contributed by atoms with Crippen molar-refractivity contribution in [3.05, 3.63) is 29.8 Å². The molecule has 2 nitrogen and oxygen atoms in total. The lowest BCUT2D eigenvalue weighted by Crippen LogP contribution is -2.29. The minimum atomic E-state index is -0.262. The van der Waals surface area contributed by atoms with E-state index in [1.165, 1.54) is 6.20 Å². The van der Waals surface area contributed by atoms with Crippen LogP contribution < -0.4 is 5.32 Å². The van der Waals surface area contributed by atoms with Crippen LogP contribution >= 0.6 is 0 Å². The molecule has 0 atom stereocenters. The summed E-state index contributed by atoms with van der Waals surface area (Å²) in [5, 5.41) is 3.37. The highest BCUT2D eigenvalue weighted by molar-refractivity contribution is 5.20. The molecule has 1 aromatic heterocycles. The molecular weight excluding hydrogens is 203 g/mol. The predicted octanol–water partition coefficient (Wildman–Crippen LogP) is 2.89. The summed E-state index contributed by atoms with van der Waals surface area (Å²) >= 11 is 0. The van der Waals surface area contributed by atoms with Gasteiger partial charge in [0, 0.05) is 12.2 Å². The molecule has 0 saturated carbocycles. The van der Waals surface area contributed by atoms with Gasteiger partial charge in [0.15, 0.2) is 0 Å². The Morgan fingerprint density at radius 2 is 2.06 bits per heavy atom. The van der Waals surface area contributed by atoms with E-state index >= 15 is 0 Å². The van der Waals surface area contributed by atoms with Gasteiger partial charge in [-0.15, -0.1) is 0 Å². The van der Waals surface area contributed by atoms with E-state index in [0.717, 1.165) is 18.5 Å². The summed E-state index contributed by atoms with van der Waals surface area (Å²) in [7, 11) is 0. The van der Waals surface area contributed by atoms with Crippen molar-refractivity contribution in [2.75, 3.05) is 6.54 Å². The number of pyridine rings is 1. The summed E-state index contributed by atoms with van der Waals surface area (Å²) in [6.45, 7) is 9.41. The molecule has 0 aromatic carbocycles. The van der Waals surface area contributed by atoms with Gasteiger partial charge in [0.2, 0.25) is 0 Å². The highest BCUT2D eigenvalue weighted by Crippen LogP contribution is 2.26. The van der Waals surface area contributed by atoms with Crippen molar-refractivity contribution in [2.45, 2.75) is 45.6 Å². The number of rotatable bonds is 5. The Morgan fingerprint density at radius 3 is 2.62 bits per heavy atom. The molecule has 3 heteroatoms. The molecule has 0 spiro atoms. The fraction of sp³-hybridized carbons (Fsp3) is 0.615. The van der Waals surface area contributed by atoms with Gasteiger partial charge in [-0.25, -0.2) is 4.39 Å². The second-order valence-electron chi connectivity index (χ2n) is 5.13. The second kappa shape index (κ2) is 5.39. The number of aromatic nitrogens is 1. The lowest BCUT2D eigenvalue weighted by atomic mass is 9.82. The van der Waals surface area contributed by atoms with Crippen LogP contribution in [0.3, 0.4) is 0 Å². The van der Waals surface area contributed by atoms with E-state index in [1.54, 1.807) is 12.3 Å².